The topological polar surface area (TPSA) is 29.3 Å². The van der Waals surface area contributed by atoms with Crippen molar-refractivity contribution in [3.63, 3.8) is 0 Å². The first kappa shape index (κ1) is 12.4. The highest BCUT2D eigenvalue weighted by molar-refractivity contribution is 5.02. The van der Waals surface area contributed by atoms with Crippen molar-refractivity contribution in [1.29, 1.82) is 0 Å². The molecule has 2 aliphatic rings. The Hall–Kier alpha value is -0.0800. The van der Waals surface area contributed by atoms with E-state index < -0.39 is 0 Å². The van der Waals surface area contributed by atoms with Gasteiger partial charge in [0.1, 0.15) is 0 Å². The van der Waals surface area contributed by atoms with Crippen molar-refractivity contribution < 1.29 is 0 Å². The molecule has 3 unspecified atom stereocenters. The van der Waals surface area contributed by atoms with E-state index in [1.165, 1.54) is 51.5 Å². The van der Waals surface area contributed by atoms with Crippen LogP contribution in [0.25, 0.3) is 0 Å². The number of nitrogens with two attached hydrogens (primary N) is 1. The van der Waals surface area contributed by atoms with Crippen LogP contribution in [0.3, 0.4) is 0 Å². The van der Waals surface area contributed by atoms with E-state index in [1.807, 2.05) is 0 Å². The SMILES string of the molecule is CCC1CCCCC1(CN)N1CCCC1C. The molecule has 16 heavy (non-hydrogen) atoms. The van der Waals surface area contributed by atoms with Gasteiger partial charge in [-0.1, -0.05) is 26.2 Å². The molecule has 1 saturated heterocycles. The lowest BCUT2D eigenvalue weighted by atomic mass is 9.70. The molecule has 94 valence electrons. The Bertz CT molecular complexity index is 229. The van der Waals surface area contributed by atoms with Crippen molar-refractivity contribution >= 4 is 0 Å². The summed E-state index contributed by atoms with van der Waals surface area (Å²) >= 11 is 0. The van der Waals surface area contributed by atoms with E-state index >= 15 is 0 Å². The summed E-state index contributed by atoms with van der Waals surface area (Å²) in [4.78, 5) is 2.76. The minimum Gasteiger partial charge on any atom is -0.329 e. The van der Waals surface area contributed by atoms with Gasteiger partial charge in [-0.3, -0.25) is 4.90 Å². The summed E-state index contributed by atoms with van der Waals surface area (Å²) in [5.41, 5.74) is 6.55. The molecular formula is C14H28N2. The van der Waals surface area contributed by atoms with Crippen LogP contribution in [0.1, 0.15) is 58.8 Å². The lowest BCUT2D eigenvalue weighted by Gasteiger charge is -2.51. The summed E-state index contributed by atoms with van der Waals surface area (Å²) in [7, 11) is 0. The molecule has 2 rings (SSSR count). The highest BCUT2D eigenvalue weighted by Crippen LogP contribution is 2.42. The lowest BCUT2D eigenvalue weighted by Crippen LogP contribution is -2.60. The minimum absolute atomic E-state index is 0.350. The Morgan fingerprint density at radius 2 is 2.06 bits per heavy atom. The summed E-state index contributed by atoms with van der Waals surface area (Å²) in [6.07, 6.45) is 9.60. The van der Waals surface area contributed by atoms with Crippen LogP contribution in [0.15, 0.2) is 0 Å². The van der Waals surface area contributed by atoms with Gasteiger partial charge in [0.2, 0.25) is 0 Å². The minimum atomic E-state index is 0.350. The van der Waals surface area contributed by atoms with E-state index in [-0.39, 0.29) is 0 Å². The molecule has 0 aromatic carbocycles. The van der Waals surface area contributed by atoms with Crippen LogP contribution in [0.4, 0.5) is 0 Å². The third-order valence-electron chi connectivity index (χ3n) is 5.14. The molecule has 1 aliphatic carbocycles. The van der Waals surface area contributed by atoms with Crippen LogP contribution < -0.4 is 5.73 Å². The Balaban J connectivity index is 2.20. The number of nitrogens with zero attached hydrogens (tertiary/aromatic N) is 1. The monoisotopic (exact) mass is 224 g/mol. The highest BCUT2D eigenvalue weighted by Gasteiger charge is 2.46. The zero-order valence-corrected chi connectivity index (χ0v) is 11.0. The maximum atomic E-state index is 6.20. The van der Waals surface area contributed by atoms with Crippen molar-refractivity contribution in [1.82, 2.24) is 4.90 Å². The molecule has 0 amide bonds. The normalized spacial score (nSPS) is 41.4. The fraction of sp³-hybridized carbons (Fsp3) is 1.00. The van der Waals surface area contributed by atoms with Crippen molar-refractivity contribution in [2.75, 3.05) is 13.1 Å². The Morgan fingerprint density at radius 1 is 1.25 bits per heavy atom. The first-order valence-electron chi connectivity index (χ1n) is 7.21. The molecule has 2 heteroatoms. The molecular weight excluding hydrogens is 196 g/mol. The van der Waals surface area contributed by atoms with Crippen molar-refractivity contribution in [2.45, 2.75) is 70.4 Å². The van der Waals surface area contributed by atoms with Crippen LogP contribution in [0, 0.1) is 5.92 Å². The zero-order chi connectivity index (χ0) is 11.6. The first-order valence-corrected chi connectivity index (χ1v) is 7.21. The van der Waals surface area contributed by atoms with Gasteiger partial charge >= 0.3 is 0 Å². The molecule has 0 aromatic heterocycles. The van der Waals surface area contributed by atoms with Gasteiger partial charge in [0.25, 0.3) is 0 Å². The van der Waals surface area contributed by atoms with Gasteiger partial charge in [0.05, 0.1) is 0 Å². The van der Waals surface area contributed by atoms with Crippen LogP contribution in [0.5, 0.6) is 0 Å². The average molecular weight is 224 g/mol. The highest BCUT2D eigenvalue weighted by atomic mass is 15.3. The molecule has 0 aromatic rings. The average Bonchev–Trinajstić information content (AvgIpc) is 2.75. The van der Waals surface area contributed by atoms with Gasteiger partial charge in [-0.2, -0.15) is 0 Å². The molecule has 2 N–H and O–H groups in total. The van der Waals surface area contributed by atoms with Crippen LogP contribution in [-0.2, 0) is 0 Å². The fourth-order valence-corrected chi connectivity index (χ4v) is 4.24. The van der Waals surface area contributed by atoms with Crippen molar-refractivity contribution in [2.24, 2.45) is 11.7 Å². The molecule has 0 bridgehead atoms. The van der Waals surface area contributed by atoms with E-state index in [0.717, 1.165) is 18.5 Å². The smallest absolute Gasteiger partial charge is 0.0362 e. The molecule has 2 nitrogen and oxygen atoms in total. The first-order chi connectivity index (χ1) is 7.74. The molecule has 1 aliphatic heterocycles. The standard InChI is InChI=1S/C14H28N2/c1-3-13-8-4-5-9-14(13,11-15)16-10-6-7-12(16)2/h12-13H,3-11,15H2,1-2H3. The third kappa shape index (κ3) is 1.91. The molecule has 0 spiro atoms. The number of hydrogen-bond acceptors (Lipinski definition) is 2. The Morgan fingerprint density at radius 3 is 2.62 bits per heavy atom. The molecule has 1 heterocycles. The van der Waals surface area contributed by atoms with Gasteiger partial charge in [-0.25, -0.2) is 0 Å². The lowest BCUT2D eigenvalue weighted by molar-refractivity contribution is -0.000840. The van der Waals surface area contributed by atoms with Gasteiger partial charge in [0.15, 0.2) is 0 Å². The number of rotatable bonds is 3. The van der Waals surface area contributed by atoms with Crippen LogP contribution >= 0.6 is 0 Å². The number of hydrogen-bond donors (Lipinski definition) is 1. The summed E-state index contributed by atoms with van der Waals surface area (Å²) in [6, 6.07) is 0.760. The third-order valence-corrected chi connectivity index (χ3v) is 5.14. The van der Waals surface area contributed by atoms with E-state index in [0.29, 0.717) is 5.54 Å². The summed E-state index contributed by atoms with van der Waals surface area (Å²) in [5, 5.41) is 0. The van der Waals surface area contributed by atoms with Crippen molar-refractivity contribution in [3.8, 4) is 0 Å². The quantitative estimate of drug-likeness (QED) is 0.798. The van der Waals surface area contributed by atoms with Gasteiger partial charge in [0, 0.05) is 18.1 Å². The van der Waals surface area contributed by atoms with E-state index in [4.69, 9.17) is 5.73 Å². The Labute approximate surface area is 101 Å². The zero-order valence-electron chi connectivity index (χ0n) is 11.0. The van der Waals surface area contributed by atoms with Crippen LogP contribution in [-0.4, -0.2) is 29.6 Å². The van der Waals surface area contributed by atoms with E-state index in [1.54, 1.807) is 0 Å². The van der Waals surface area contributed by atoms with Gasteiger partial charge in [-0.15, -0.1) is 0 Å². The fourth-order valence-electron chi connectivity index (χ4n) is 4.24. The summed E-state index contributed by atoms with van der Waals surface area (Å²) in [6.45, 7) is 6.90. The predicted octanol–water partition coefficient (Wildman–Crippen LogP) is 2.77. The largest absolute Gasteiger partial charge is 0.329 e. The van der Waals surface area contributed by atoms with Crippen LogP contribution in [0.2, 0.25) is 0 Å². The van der Waals surface area contributed by atoms with Crippen molar-refractivity contribution in [3.05, 3.63) is 0 Å². The van der Waals surface area contributed by atoms with Gasteiger partial charge in [-0.05, 0) is 45.1 Å². The summed E-state index contributed by atoms with van der Waals surface area (Å²) < 4.78 is 0. The summed E-state index contributed by atoms with van der Waals surface area (Å²) in [5.74, 6) is 0.840. The molecule has 1 saturated carbocycles. The predicted molar refractivity (Wildman–Crippen MR) is 69.4 cm³/mol. The Kier molecular flexibility index (Phi) is 3.91. The second-order valence-corrected chi connectivity index (χ2v) is 5.84. The number of likely N-dealkylation sites (tertiary alicyclic amines) is 1. The molecule has 0 radical (unpaired) electrons. The molecule has 3 atom stereocenters. The van der Waals surface area contributed by atoms with E-state index in [9.17, 15) is 0 Å². The maximum absolute atomic E-state index is 6.20. The maximum Gasteiger partial charge on any atom is 0.0362 e. The second kappa shape index (κ2) is 5.05. The second-order valence-electron chi connectivity index (χ2n) is 5.84. The molecule has 2 fully saturated rings. The van der Waals surface area contributed by atoms with E-state index in [2.05, 4.69) is 18.7 Å². The van der Waals surface area contributed by atoms with Gasteiger partial charge < -0.3 is 5.73 Å².